The molecule has 25 heavy (non-hydrogen) atoms. The molecule has 0 saturated carbocycles. The van der Waals surface area contributed by atoms with Crippen molar-refractivity contribution in [2.45, 2.75) is 52.9 Å². The fourth-order valence-corrected chi connectivity index (χ4v) is 3.37. The molecule has 4 nitrogen and oxygen atoms in total. The molecule has 0 bridgehead atoms. The van der Waals surface area contributed by atoms with Crippen molar-refractivity contribution in [2.24, 2.45) is 5.92 Å². The van der Waals surface area contributed by atoms with E-state index in [0.717, 1.165) is 51.3 Å². The van der Waals surface area contributed by atoms with Crippen LogP contribution in [0.3, 0.4) is 0 Å². The summed E-state index contributed by atoms with van der Waals surface area (Å²) in [4.78, 5) is 14.2. The molecule has 1 aromatic rings. The van der Waals surface area contributed by atoms with Crippen LogP contribution in [-0.4, -0.2) is 43.7 Å². The van der Waals surface area contributed by atoms with Crippen LogP contribution in [0.5, 0.6) is 5.75 Å². The predicted molar refractivity (Wildman–Crippen MR) is 101 cm³/mol. The molecule has 1 heterocycles. The SMILES string of the molecule is CCOC(=O)C1CCN(CCCOc2cc(C)ccc2C(C)C)CC1. The molecule has 1 aliphatic heterocycles. The number of piperidine rings is 1. The van der Waals surface area contributed by atoms with Gasteiger partial charge < -0.3 is 14.4 Å². The highest BCUT2D eigenvalue weighted by Crippen LogP contribution is 2.27. The van der Waals surface area contributed by atoms with Crippen molar-refractivity contribution in [3.63, 3.8) is 0 Å². The minimum absolute atomic E-state index is 0.0221. The molecule has 1 fully saturated rings. The molecule has 1 aliphatic rings. The van der Waals surface area contributed by atoms with Crippen molar-refractivity contribution < 1.29 is 14.3 Å². The molecule has 4 heteroatoms. The van der Waals surface area contributed by atoms with E-state index < -0.39 is 0 Å². The van der Waals surface area contributed by atoms with E-state index in [0.29, 0.717) is 12.5 Å². The number of ether oxygens (including phenoxy) is 2. The summed E-state index contributed by atoms with van der Waals surface area (Å²) in [5, 5.41) is 0. The summed E-state index contributed by atoms with van der Waals surface area (Å²) in [5.41, 5.74) is 2.52. The average molecular weight is 347 g/mol. The highest BCUT2D eigenvalue weighted by molar-refractivity contribution is 5.72. The summed E-state index contributed by atoms with van der Waals surface area (Å²) in [6.07, 6.45) is 2.83. The van der Waals surface area contributed by atoms with E-state index in [4.69, 9.17) is 9.47 Å². The molecule has 0 unspecified atom stereocenters. The molecule has 0 aromatic heterocycles. The summed E-state index contributed by atoms with van der Waals surface area (Å²) in [6.45, 7) is 12.6. The lowest BCUT2D eigenvalue weighted by Crippen LogP contribution is -2.37. The van der Waals surface area contributed by atoms with Crippen LogP contribution in [0, 0.1) is 12.8 Å². The number of likely N-dealkylation sites (tertiary alicyclic amines) is 1. The first-order valence-electron chi connectivity index (χ1n) is 9.63. The van der Waals surface area contributed by atoms with Gasteiger partial charge in [0.2, 0.25) is 0 Å². The summed E-state index contributed by atoms with van der Waals surface area (Å²) in [7, 11) is 0. The molecule has 1 saturated heterocycles. The Kier molecular flexibility index (Phi) is 7.76. The van der Waals surface area contributed by atoms with Crippen molar-refractivity contribution in [2.75, 3.05) is 32.8 Å². The zero-order valence-corrected chi connectivity index (χ0v) is 16.2. The van der Waals surface area contributed by atoms with Gasteiger partial charge in [0.1, 0.15) is 5.75 Å². The van der Waals surface area contributed by atoms with E-state index in [1.54, 1.807) is 0 Å². The molecule has 140 valence electrons. The Bertz CT molecular complexity index is 548. The average Bonchev–Trinajstić information content (AvgIpc) is 2.59. The van der Waals surface area contributed by atoms with E-state index in [2.05, 4.69) is 43.9 Å². The van der Waals surface area contributed by atoms with Crippen molar-refractivity contribution in [3.05, 3.63) is 29.3 Å². The second-order valence-corrected chi connectivity index (χ2v) is 7.27. The van der Waals surface area contributed by atoms with Gasteiger partial charge in [0.15, 0.2) is 0 Å². The van der Waals surface area contributed by atoms with Gasteiger partial charge in [-0.15, -0.1) is 0 Å². The molecule has 0 N–H and O–H groups in total. The van der Waals surface area contributed by atoms with Crippen molar-refractivity contribution in [1.29, 1.82) is 0 Å². The van der Waals surface area contributed by atoms with Crippen LogP contribution >= 0.6 is 0 Å². The van der Waals surface area contributed by atoms with Gasteiger partial charge in [-0.1, -0.05) is 26.0 Å². The highest BCUT2D eigenvalue weighted by Gasteiger charge is 2.25. The van der Waals surface area contributed by atoms with Crippen LogP contribution in [0.4, 0.5) is 0 Å². The Balaban J connectivity index is 1.71. The van der Waals surface area contributed by atoms with E-state index in [1.807, 2.05) is 6.92 Å². The van der Waals surface area contributed by atoms with Gasteiger partial charge in [0.05, 0.1) is 19.1 Å². The smallest absolute Gasteiger partial charge is 0.309 e. The highest BCUT2D eigenvalue weighted by atomic mass is 16.5. The fraction of sp³-hybridized carbons (Fsp3) is 0.667. The first-order chi connectivity index (χ1) is 12.0. The van der Waals surface area contributed by atoms with Gasteiger partial charge in [-0.3, -0.25) is 4.79 Å². The zero-order chi connectivity index (χ0) is 18.2. The molecule has 0 spiro atoms. The number of carbonyl (C=O) groups is 1. The number of carbonyl (C=O) groups excluding carboxylic acids is 1. The van der Waals surface area contributed by atoms with Gasteiger partial charge in [0, 0.05) is 6.54 Å². The Morgan fingerprint density at radius 1 is 1.28 bits per heavy atom. The number of esters is 1. The van der Waals surface area contributed by atoms with E-state index in [-0.39, 0.29) is 11.9 Å². The Labute approximate surface area is 152 Å². The molecule has 0 radical (unpaired) electrons. The van der Waals surface area contributed by atoms with Gasteiger partial charge in [-0.2, -0.15) is 0 Å². The van der Waals surface area contributed by atoms with Crippen LogP contribution in [0.2, 0.25) is 0 Å². The van der Waals surface area contributed by atoms with Crippen LogP contribution in [0.15, 0.2) is 18.2 Å². The second kappa shape index (κ2) is 9.81. The number of rotatable bonds is 8. The van der Waals surface area contributed by atoms with E-state index in [1.165, 1.54) is 11.1 Å². The second-order valence-electron chi connectivity index (χ2n) is 7.27. The number of benzene rings is 1. The third kappa shape index (κ3) is 6.03. The Morgan fingerprint density at radius 3 is 2.64 bits per heavy atom. The van der Waals surface area contributed by atoms with Crippen LogP contribution in [0.1, 0.15) is 57.1 Å². The summed E-state index contributed by atoms with van der Waals surface area (Å²) < 4.78 is 11.2. The summed E-state index contributed by atoms with van der Waals surface area (Å²) in [5.74, 6) is 1.56. The minimum Gasteiger partial charge on any atom is -0.493 e. The van der Waals surface area contributed by atoms with Gasteiger partial charge in [-0.25, -0.2) is 0 Å². The normalized spacial score (nSPS) is 16.2. The maximum Gasteiger partial charge on any atom is 0.309 e. The molecule has 0 amide bonds. The topological polar surface area (TPSA) is 38.8 Å². The van der Waals surface area contributed by atoms with Crippen molar-refractivity contribution in [1.82, 2.24) is 4.90 Å². The van der Waals surface area contributed by atoms with Crippen LogP contribution < -0.4 is 4.74 Å². The van der Waals surface area contributed by atoms with Gasteiger partial charge in [-0.05, 0) is 69.3 Å². The summed E-state index contributed by atoms with van der Waals surface area (Å²) in [6, 6.07) is 6.46. The lowest BCUT2D eigenvalue weighted by atomic mass is 9.97. The van der Waals surface area contributed by atoms with Crippen molar-refractivity contribution >= 4 is 5.97 Å². The van der Waals surface area contributed by atoms with Gasteiger partial charge >= 0.3 is 5.97 Å². The fourth-order valence-electron chi connectivity index (χ4n) is 3.37. The maximum absolute atomic E-state index is 11.8. The summed E-state index contributed by atoms with van der Waals surface area (Å²) >= 11 is 0. The third-order valence-corrected chi connectivity index (χ3v) is 4.87. The molecule has 2 rings (SSSR count). The first kappa shape index (κ1) is 19.8. The number of hydrogen-bond donors (Lipinski definition) is 0. The van der Waals surface area contributed by atoms with E-state index >= 15 is 0 Å². The molecule has 0 atom stereocenters. The number of hydrogen-bond acceptors (Lipinski definition) is 4. The van der Waals surface area contributed by atoms with Crippen molar-refractivity contribution in [3.8, 4) is 5.75 Å². The maximum atomic E-state index is 11.8. The lowest BCUT2D eigenvalue weighted by Gasteiger charge is -2.30. The quantitative estimate of drug-likeness (QED) is 0.523. The molecule has 1 aromatic carbocycles. The lowest BCUT2D eigenvalue weighted by molar-refractivity contribution is -0.149. The van der Waals surface area contributed by atoms with E-state index in [9.17, 15) is 4.79 Å². The largest absolute Gasteiger partial charge is 0.493 e. The predicted octanol–water partition coefficient (Wildman–Crippen LogP) is 4.16. The first-order valence-corrected chi connectivity index (χ1v) is 9.63. The molecular formula is C21H33NO3. The Hall–Kier alpha value is -1.55. The monoisotopic (exact) mass is 347 g/mol. The number of aryl methyl sites for hydroxylation is 1. The molecule has 0 aliphatic carbocycles. The standard InChI is InChI=1S/C21H33NO3/c1-5-24-21(23)18-9-12-22(13-10-18)11-6-14-25-20-15-17(4)7-8-19(20)16(2)3/h7-8,15-16,18H,5-6,9-14H2,1-4H3. The van der Waals surface area contributed by atoms with Crippen LogP contribution in [0.25, 0.3) is 0 Å². The van der Waals surface area contributed by atoms with Crippen LogP contribution in [-0.2, 0) is 9.53 Å². The number of nitrogens with zero attached hydrogens (tertiary/aromatic N) is 1. The molecular weight excluding hydrogens is 314 g/mol. The van der Waals surface area contributed by atoms with Gasteiger partial charge in [0.25, 0.3) is 0 Å². The zero-order valence-electron chi connectivity index (χ0n) is 16.2. The Morgan fingerprint density at radius 2 is 2.00 bits per heavy atom. The minimum atomic E-state index is -0.0221. The third-order valence-electron chi connectivity index (χ3n) is 4.87.